The number of hydrogen-bond donors (Lipinski definition) is 1. The molecule has 0 aromatic rings. The van der Waals surface area contributed by atoms with Gasteiger partial charge in [0.25, 0.3) is 0 Å². The molecule has 6 atom stereocenters. The van der Waals surface area contributed by atoms with Gasteiger partial charge < -0.3 is 29.1 Å². The molecule has 0 radical (unpaired) electrons. The molecular formula is C28H43N3O7. The molecule has 10 heteroatoms. The highest BCUT2D eigenvalue weighted by atomic mass is 16.6. The van der Waals surface area contributed by atoms with Crippen molar-refractivity contribution in [2.45, 2.75) is 50.4 Å². The quantitative estimate of drug-likeness (QED) is 0.211. The van der Waals surface area contributed by atoms with Crippen LogP contribution >= 0.6 is 0 Å². The van der Waals surface area contributed by atoms with Crippen LogP contribution in [0.15, 0.2) is 25.3 Å². The lowest BCUT2D eigenvalue weighted by Gasteiger charge is -2.38. The Labute approximate surface area is 225 Å². The van der Waals surface area contributed by atoms with Crippen LogP contribution in [0.3, 0.4) is 0 Å². The Morgan fingerprint density at radius 3 is 2.61 bits per heavy atom. The van der Waals surface area contributed by atoms with Gasteiger partial charge in [-0.3, -0.25) is 19.3 Å². The predicted molar refractivity (Wildman–Crippen MR) is 140 cm³/mol. The number of unbranched alkanes of at least 4 members (excludes halogenated alkanes) is 1. The number of aliphatic hydroxyl groups excluding tert-OH is 1. The van der Waals surface area contributed by atoms with Crippen LogP contribution in [0.1, 0.15) is 33.1 Å². The Hall–Kier alpha value is -2.27. The summed E-state index contributed by atoms with van der Waals surface area (Å²) in [5.74, 6) is -2.58. The monoisotopic (exact) mass is 533 g/mol. The van der Waals surface area contributed by atoms with Crippen molar-refractivity contribution in [3.05, 3.63) is 25.3 Å². The van der Waals surface area contributed by atoms with Crippen molar-refractivity contribution in [2.75, 3.05) is 65.7 Å². The number of fused-ring (bicyclic) bond motifs is 1. The summed E-state index contributed by atoms with van der Waals surface area (Å²) in [6, 6.07) is -0.857. The van der Waals surface area contributed by atoms with Gasteiger partial charge in [0.1, 0.15) is 24.2 Å². The smallest absolute Gasteiger partial charge is 0.313 e. The first kappa shape index (κ1) is 28.7. The van der Waals surface area contributed by atoms with Crippen LogP contribution in [-0.2, 0) is 28.6 Å². The molecular weight excluding hydrogens is 490 g/mol. The second-order valence-electron chi connectivity index (χ2n) is 11.1. The van der Waals surface area contributed by atoms with Crippen molar-refractivity contribution in [1.82, 2.24) is 14.7 Å². The molecule has 1 N–H and O–H groups in total. The fourth-order valence-corrected chi connectivity index (χ4v) is 6.95. The minimum absolute atomic E-state index is 0.000533. The van der Waals surface area contributed by atoms with Gasteiger partial charge in [-0.05, 0) is 32.1 Å². The maximum atomic E-state index is 14.4. The van der Waals surface area contributed by atoms with Gasteiger partial charge in [0.2, 0.25) is 11.8 Å². The van der Waals surface area contributed by atoms with Crippen molar-refractivity contribution in [3.63, 3.8) is 0 Å². The standard InChI is InChI=1S/C28H43N3O7/c1-5-9-30(12-11-29-13-17-36-18-14-29)25(34)23-28-19-20(3)27(4,38-28)22(26(35)37-16-6-2)21(28)24(33)31(23)10-7-8-15-32/h5-6,20-23,32H,1-2,7-19H2,3-4H3/t20?,21-,22+,23?,27-,28?/m0/s1. The third kappa shape index (κ3) is 4.92. The second kappa shape index (κ2) is 11.9. The van der Waals surface area contributed by atoms with Crippen LogP contribution in [0.2, 0.25) is 0 Å². The van der Waals surface area contributed by atoms with Crippen LogP contribution in [0.4, 0.5) is 0 Å². The number of carbonyl (C=O) groups excluding carboxylic acids is 3. The van der Waals surface area contributed by atoms with Crippen molar-refractivity contribution in [2.24, 2.45) is 17.8 Å². The molecule has 2 bridgehead atoms. The van der Waals surface area contributed by atoms with Gasteiger partial charge in [-0.25, -0.2) is 0 Å². The van der Waals surface area contributed by atoms with Crippen molar-refractivity contribution >= 4 is 17.8 Å². The third-order valence-corrected chi connectivity index (χ3v) is 8.90. The van der Waals surface area contributed by atoms with E-state index in [1.165, 1.54) is 6.08 Å². The first-order valence-corrected chi connectivity index (χ1v) is 13.8. The van der Waals surface area contributed by atoms with Gasteiger partial charge in [0.15, 0.2) is 0 Å². The Balaban J connectivity index is 1.67. The highest BCUT2D eigenvalue weighted by Crippen LogP contribution is 2.65. The minimum Gasteiger partial charge on any atom is -0.461 e. The number of aliphatic hydroxyl groups is 1. The first-order chi connectivity index (χ1) is 18.2. The molecule has 3 unspecified atom stereocenters. The number of hydrogen-bond acceptors (Lipinski definition) is 8. The molecule has 4 aliphatic rings. The fourth-order valence-electron chi connectivity index (χ4n) is 6.95. The Kier molecular flexibility index (Phi) is 8.96. The van der Waals surface area contributed by atoms with E-state index in [1.807, 2.05) is 13.8 Å². The van der Waals surface area contributed by atoms with Gasteiger partial charge in [-0.2, -0.15) is 0 Å². The largest absolute Gasteiger partial charge is 0.461 e. The maximum Gasteiger partial charge on any atom is 0.313 e. The van der Waals surface area contributed by atoms with E-state index in [-0.39, 0.29) is 30.9 Å². The fraction of sp³-hybridized carbons (Fsp3) is 0.750. The molecule has 1 spiro atoms. The second-order valence-corrected chi connectivity index (χ2v) is 11.1. The summed E-state index contributed by atoms with van der Waals surface area (Å²) in [5, 5.41) is 9.37. The van der Waals surface area contributed by atoms with Crippen LogP contribution < -0.4 is 0 Å². The van der Waals surface area contributed by atoms with E-state index in [4.69, 9.17) is 14.2 Å². The van der Waals surface area contributed by atoms with E-state index in [2.05, 4.69) is 18.1 Å². The molecule has 10 nitrogen and oxygen atoms in total. The Bertz CT molecular complexity index is 922. The number of likely N-dealkylation sites (tertiary alicyclic amines) is 1. The molecule has 0 aromatic heterocycles. The zero-order valence-electron chi connectivity index (χ0n) is 22.8. The number of ether oxygens (including phenoxy) is 3. The number of amides is 2. The summed E-state index contributed by atoms with van der Waals surface area (Å²) in [6.07, 6.45) is 4.76. The molecule has 212 valence electrons. The number of morpholine rings is 1. The normalized spacial score (nSPS) is 34.3. The van der Waals surface area contributed by atoms with E-state index in [1.54, 1.807) is 15.9 Å². The molecule has 0 aliphatic carbocycles. The van der Waals surface area contributed by atoms with E-state index in [0.29, 0.717) is 58.7 Å². The lowest BCUT2D eigenvalue weighted by Crippen LogP contribution is -2.57. The van der Waals surface area contributed by atoms with E-state index in [0.717, 1.165) is 13.1 Å². The lowest BCUT2D eigenvalue weighted by atomic mass is 9.62. The van der Waals surface area contributed by atoms with Gasteiger partial charge in [0, 0.05) is 45.9 Å². The summed E-state index contributed by atoms with van der Waals surface area (Å²) in [4.78, 5) is 47.3. The molecule has 4 fully saturated rings. The predicted octanol–water partition coefficient (Wildman–Crippen LogP) is 0.846. The number of esters is 1. The number of rotatable bonds is 13. The summed E-state index contributed by atoms with van der Waals surface area (Å²) < 4.78 is 17.6. The molecule has 4 saturated heterocycles. The van der Waals surface area contributed by atoms with E-state index < -0.39 is 35.0 Å². The highest BCUT2D eigenvalue weighted by Gasteiger charge is 2.80. The minimum atomic E-state index is -1.11. The molecule has 0 aromatic carbocycles. The molecule has 2 amide bonds. The van der Waals surface area contributed by atoms with E-state index in [9.17, 15) is 19.5 Å². The molecule has 4 heterocycles. The van der Waals surface area contributed by atoms with Gasteiger partial charge in [-0.1, -0.05) is 25.7 Å². The van der Waals surface area contributed by atoms with Crippen LogP contribution in [0.5, 0.6) is 0 Å². The van der Waals surface area contributed by atoms with E-state index >= 15 is 0 Å². The molecule has 38 heavy (non-hydrogen) atoms. The average Bonchev–Trinajstić information content (AvgIpc) is 3.42. The SMILES string of the molecule is C=CCOC(=O)[C@H]1[C@H]2C(=O)N(CCCCO)C(C(=O)N(CC=C)CCN3CCOCC3)C23CC(C)[C@]1(C)O3. The molecule has 0 saturated carbocycles. The topological polar surface area (TPSA) is 109 Å². The third-order valence-electron chi connectivity index (χ3n) is 8.90. The first-order valence-electron chi connectivity index (χ1n) is 13.8. The van der Waals surface area contributed by atoms with Gasteiger partial charge in [0.05, 0.1) is 24.7 Å². The van der Waals surface area contributed by atoms with Gasteiger partial charge >= 0.3 is 5.97 Å². The Morgan fingerprint density at radius 2 is 1.95 bits per heavy atom. The van der Waals surface area contributed by atoms with Crippen LogP contribution in [0.25, 0.3) is 0 Å². The highest BCUT2D eigenvalue weighted by molar-refractivity contribution is 5.98. The number of carbonyl (C=O) groups is 3. The summed E-state index contributed by atoms with van der Waals surface area (Å²) >= 11 is 0. The van der Waals surface area contributed by atoms with Gasteiger partial charge in [-0.15, -0.1) is 6.58 Å². The number of nitrogens with zero attached hydrogens (tertiary/aromatic N) is 3. The van der Waals surface area contributed by atoms with Crippen molar-refractivity contribution < 1.29 is 33.7 Å². The molecule has 4 rings (SSSR count). The molecule has 4 aliphatic heterocycles. The maximum absolute atomic E-state index is 14.4. The van der Waals surface area contributed by atoms with Crippen molar-refractivity contribution in [1.29, 1.82) is 0 Å². The Morgan fingerprint density at radius 1 is 1.21 bits per heavy atom. The average molecular weight is 534 g/mol. The van der Waals surface area contributed by atoms with Crippen molar-refractivity contribution in [3.8, 4) is 0 Å². The summed E-state index contributed by atoms with van der Waals surface area (Å²) in [7, 11) is 0. The van der Waals surface area contributed by atoms with Crippen LogP contribution in [0, 0.1) is 17.8 Å². The van der Waals surface area contributed by atoms with Crippen LogP contribution in [-0.4, -0.2) is 121 Å². The lowest BCUT2D eigenvalue weighted by molar-refractivity contribution is -0.161. The summed E-state index contributed by atoms with van der Waals surface area (Å²) in [5.41, 5.74) is -2.02. The zero-order valence-corrected chi connectivity index (χ0v) is 22.8. The zero-order chi connectivity index (χ0) is 27.5. The summed E-state index contributed by atoms with van der Waals surface area (Å²) in [6.45, 7) is 16.2.